The molecule has 0 aromatic heterocycles. The third-order valence-corrected chi connectivity index (χ3v) is 3.57. The molecule has 0 amide bonds. The van der Waals surface area contributed by atoms with Gasteiger partial charge in [0.25, 0.3) is 5.69 Å². The van der Waals surface area contributed by atoms with E-state index < -0.39 is 4.92 Å². The van der Waals surface area contributed by atoms with Gasteiger partial charge in [-0.05, 0) is 30.9 Å². The van der Waals surface area contributed by atoms with Crippen LogP contribution in [0.2, 0.25) is 0 Å². The molecule has 0 unspecified atom stereocenters. The summed E-state index contributed by atoms with van der Waals surface area (Å²) >= 11 is 0. The lowest BCUT2D eigenvalue weighted by atomic mass is 9.97. The lowest BCUT2D eigenvalue weighted by Gasteiger charge is -2.32. The van der Waals surface area contributed by atoms with Crippen molar-refractivity contribution in [3.8, 4) is 0 Å². The number of carbonyl (C=O) groups is 1. The second kappa shape index (κ2) is 5.79. The van der Waals surface area contributed by atoms with E-state index in [1.165, 1.54) is 6.07 Å². The molecular weight excluding hydrogens is 248 g/mol. The van der Waals surface area contributed by atoms with Crippen LogP contribution in [0.4, 0.5) is 11.4 Å². The van der Waals surface area contributed by atoms with Crippen LogP contribution in [0, 0.1) is 16.0 Å². The maximum absolute atomic E-state index is 10.9. The van der Waals surface area contributed by atoms with E-state index in [-0.39, 0.29) is 17.9 Å². The summed E-state index contributed by atoms with van der Waals surface area (Å²) in [6.07, 6.45) is 2.30. The summed E-state index contributed by atoms with van der Waals surface area (Å²) in [7, 11) is 0. The molecule has 1 fully saturated rings. The molecule has 1 saturated heterocycles. The Morgan fingerprint density at radius 3 is 2.63 bits per heavy atom. The number of aliphatic hydroxyl groups excluding tert-OH is 1. The number of aliphatic hydroxyl groups is 1. The van der Waals surface area contributed by atoms with Gasteiger partial charge in [-0.15, -0.1) is 0 Å². The molecule has 0 atom stereocenters. The minimum Gasteiger partial charge on any atom is -0.396 e. The fourth-order valence-electron chi connectivity index (χ4n) is 2.37. The molecule has 6 heteroatoms. The van der Waals surface area contributed by atoms with Crippen LogP contribution < -0.4 is 4.90 Å². The fraction of sp³-hybridized carbons (Fsp3) is 0.462. The van der Waals surface area contributed by atoms with E-state index in [1.54, 1.807) is 12.1 Å². The second-order valence-corrected chi connectivity index (χ2v) is 4.73. The second-order valence-electron chi connectivity index (χ2n) is 4.73. The molecule has 0 saturated carbocycles. The molecule has 1 aliphatic rings. The third-order valence-electron chi connectivity index (χ3n) is 3.57. The first-order valence-electron chi connectivity index (χ1n) is 6.25. The molecule has 1 aromatic rings. The Balaban J connectivity index is 2.18. The van der Waals surface area contributed by atoms with Gasteiger partial charge in [-0.3, -0.25) is 14.9 Å². The summed E-state index contributed by atoms with van der Waals surface area (Å²) < 4.78 is 0. The van der Waals surface area contributed by atoms with Crippen LogP contribution in [0.25, 0.3) is 0 Å². The summed E-state index contributed by atoms with van der Waals surface area (Å²) in [6.45, 7) is 1.79. The van der Waals surface area contributed by atoms with Crippen LogP contribution in [0.15, 0.2) is 18.2 Å². The van der Waals surface area contributed by atoms with Gasteiger partial charge in [0, 0.05) is 31.5 Å². The number of carbonyl (C=O) groups excluding carboxylic acids is 1. The average molecular weight is 264 g/mol. The molecule has 19 heavy (non-hydrogen) atoms. The van der Waals surface area contributed by atoms with Crippen molar-refractivity contribution in [3.05, 3.63) is 33.9 Å². The van der Waals surface area contributed by atoms with Crippen molar-refractivity contribution in [1.29, 1.82) is 0 Å². The molecule has 0 spiro atoms. The van der Waals surface area contributed by atoms with Crippen LogP contribution >= 0.6 is 0 Å². The monoisotopic (exact) mass is 264 g/mol. The van der Waals surface area contributed by atoms with Gasteiger partial charge in [-0.2, -0.15) is 0 Å². The number of nitro groups is 1. The number of hydrogen-bond acceptors (Lipinski definition) is 5. The van der Waals surface area contributed by atoms with Crippen molar-refractivity contribution in [3.63, 3.8) is 0 Å². The normalized spacial score (nSPS) is 16.4. The van der Waals surface area contributed by atoms with Crippen molar-refractivity contribution in [2.75, 3.05) is 24.6 Å². The van der Waals surface area contributed by atoms with Gasteiger partial charge in [0.05, 0.1) is 10.5 Å². The molecule has 0 radical (unpaired) electrons. The fourth-order valence-corrected chi connectivity index (χ4v) is 2.37. The van der Waals surface area contributed by atoms with Crippen LogP contribution in [-0.2, 0) is 0 Å². The SMILES string of the molecule is O=Cc1cc(N2CCC(CO)CC2)ccc1[N+](=O)[O-]. The van der Waals surface area contributed by atoms with Gasteiger partial charge in [-0.1, -0.05) is 0 Å². The zero-order chi connectivity index (χ0) is 13.8. The smallest absolute Gasteiger partial charge is 0.280 e. The highest BCUT2D eigenvalue weighted by molar-refractivity contribution is 5.83. The van der Waals surface area contributed by atoms with Crippen LogP contribution in [0.1, 0.15) is 23.2 Å². The minimum atomic E-state index is -0.550. The van der Waals surface area contributed by atoms with Crippen molar-refractivity contribution >= 4 is 17.7 Å². The van der Waals surface area contributed by atoms with E-state index in [0.717, 1.165) is 31.6 Å². The number of piperidine rings is 1. The highest BCUT2D eigenvalue weighted by atomic mass is 16.6. The number of nitro benzene ring substituents is 1. The predicted octanol–water partition coefficient (Wildman–Crippen LogP) is 1.62. The molecule has 1 aromatic carbocycles. The highest BCUT2D eigenvalue weighted by Gasteiger charge is 2.21. The van der Waals surface area contributed by atoms with Crippen LogP contribution in [-0.4, -0.2) is 36.0 Å². The third kappa shape index (κ3) is 2.90. The van der Waals surface area contributed by atoms with Gasteiger partial charge in [0.15, 0.2) is 6.29 Å². The van der Waals surface area contributed by atoms with Gasteiger partial charge in [-0.25, -0.2) is 0 Å². The zero-order valence-electron chi connectivity index (χ0n) is 10.5. The Kier molecular flexibility index (Phi) is 4.11. The van der Waals surface area contributed by atoms with E-state index in [0.29, 0.717) is 12.2 Å². The van der Waals surface area contributed by atoms with Crippen LogP contribution in [0.5, 0.6) is 0 Å². The topological polar surface area (TPSA) is 83.7 Å². The van der Waals surface area contributed by atoms with Gasteiger partial charge < -0.3 is 10.0 Å². The summed E-state index contributed by atoms with van der Waals surface area (Å²) in [6, 6.07) is 4.60. The Morgan fingerprint density at radius 1 is 1.42 bits per heavy atom. The molecule has 0 bridgehead atoms. The molecule has 1 heterocycles. The highest BCUT2D eigenvalue weighted by Crippen LogP contribution is 2.27. The molecule has 102 valence electrons. The molecular formula is C13H16N2O4. The van der Waals surface area contributed by atoms with Crippen molar-refractivity contribution in [2.24, 2.45) is 5.92 Å². The summed E-state index contributed by atoms with van der Waals surface area (Å²) in [5.41, 5.74) is 0.764. The Bertz CT molecular complexity index is 482. The largest absolute Gasteiger partial charge is 0.396 e. The first-order chi connectivity index (χ1) is 9.15. The van der Waals surface area contributed by atoms with Gasteiger partial charge in [0.1, 0.15) is 0 Å². The molecule has 2 rings (SSSR count). The number of aldehydes is 1. The summed E-state index contributed by atoms with van der Waals surface area (Å²) in [5, 5.41) is 19.8. The minimum absolute atomic E-state index is 0.104. The van der Waals surface area contributed by atoms with Gasteiger partial charge >= 0.3 is 0 Å². The first kappa shape index (κ1) is 13.5. The maximum Gasteiger partial charge on any atom is 0.280 e. The van der Waals surface area contributed by atoms with Crippen molar-refractivity contribution in [1.82, 2.24) is 0 Å². The summed E-state index contributed by atoms with van der Waals surface area (Å²) in [4.78, 5) is 23.2. The van der Waals surface area contributed by atoms with E-state index in [9.17, 15) is 14.9 Å². The zero-order valence-corrected chi connectivity index (χ0v) is 10.5. The molecule has 6 nitrogen and oxygen atoms in total. The number of rotatable bonds is 4. The van der Waals surface area contributed by atoms with Crippen molar-refractivity contribution < 1.29 is 14.8 Å². The van der Waals surface area contributed by atoms with Crippen molar-refractivity contribution in [2.45, 2.75) is 12.8 Å². The molecule has 1 N–H and O–H groups in total. The van der Waals surface area contributed by atoms with E-state index in [4.69, 9.17) is 5.11 Å². The maximum atomic E-state index is 10.9. The number of anilines is 1. The Morgan fingerprint density at radius 2 is 2.11 bits per heavy atom. The van der Waals surface area contributed by atoms with E-state index >= 15 is 0 Å². The predicted molar refractivity (Wildman–Crippen MR) is 70.5 cm³/mol. The lowest BCUT2D eigenvalue weighted by molar-refractivity contribution is -0.385. The Hall–Kier alpha value is -1.95. The Labute approximate surface area is 110 Å². The average Bonchev–Trinajstić information content (AvgIpc) is 2.46. The number of nitrogens with zero attached hydrogens (tertiary/aromatic N) is 2. The molecule has 0 aliphatic carbocycles. The van der Waals surface area contributed by atoms with E-state index in [1.807, 2.05) is 0 Å². The first-order valence-corrected chi connectivity index (χ1v) is 6.25. The van der Waals surface area contributed by atoms with Gasteiger partial charge in [0.2, 0.25) is 0 Å². The number of hydrogen-bond donors (Lipinski definition) is 1. The number of benzene rings is 1. The van der Waals surface area contributed by atoms with E-state index in [2.05, 4.69) is 4.90 Å². The summed E-state index contributed by atoms with van der Waals surface area (Å²) in [5.74, 6) is 0.333. The molecule has 1 aliphatic heterocycles. The quantitative estimate of drug-likeness (QED) is 0.507. The standard InChI is InChI=1S/C13H16N2O4/c16-8-10-3-5-14(6-4-10)12-1-2-13(15(18)19)11(7-12)9-17/h1-2,7,9-10,16H,3-6,8H2. The lowest BCUT2D eigenvalue weighted by Crippen LogP contribution is -2.34. The van der Waals surface area contributed by atoms with Crippen LogP contribution in [0.3, 0.4) is 0 Å².